The van der Waals surface area contributed by atoms with Crippen LogP contribution >= 0.6 is 11.3 Å². The van der Waals surface area contributed by atoms with E-state index in [1.807, 2.05) is 0 Å². The molecular formula is C29H18N2S. The maximum absolute atomic E-state index is 5.08. The molecule has 3 aromatic heterocycles. The number of hydrogen-bond acceptors (Lipinski definition) is 2. The van der Waals surface area contributed by atoms with Gasteiger partial charge in [-0.3, -0.25) is 0 Å². The van der Waals surface area contributed by atoms with Crippen molar-refractivity contribution in [1.82, 2.24) is 9.55 Å². The lowest BCUT2D eigenvalue weighted by molar-refractivity contribution is 1.18. The van der Waals surface area contributed by atoms with Crippen molar-refractivity contribution in [2.75, 3.05) is 0 Å². The Labute approximate surface area is 189 Å². The van der Waals surface area contributed by atoms with Crippen molar-refractivity contribution in [1.29, 1.82) is 0 Å². The molecule has 0 N–H and O–H groups in total. The summed E-state index contributed by atoms with van der Waals surface area (Å²) in [5.41, 5.74) is 6.81. The maximum atomic E-state index is 5.08. The third kappa shape index (κ3) is 2.55. The number of aromatic nitrogens is 2. The molecular weight excluding hydrogens is 408 g/mol. The van der Waals surface area contributed by atoms with Crippen molar-refractivity contribution in [2.45, 2.75) is 0 Å². The molecule has 3 heteroatoms. The van der Waals surface area contributed by atoms with Gasteiger partial charge < -0.3 is 4.57 Å². The van der Waals surface area contributed by atoms with E-state index in [1.54, 1.807) is 11.3 Å². The fourth-order valence-corrected chi connectivity index (χ4v) is 5.80. The summed E-state index contributed by atoms with van der Waals surface area (Å²) in [6, 6.07) is 38.8. The number of pyridine rings is 1. The summed E-state index contributed by atoms with van der Waals surface area (Å²) in [5.74, 6) is 0. The van der Waals surface area contributed by atoms with Gasteiger partial charge in [0.25, 0.3) is 0 Å². The van der Waals surface area contributed by atoms with Gasteiger partial charge in [-0.2, -0.15) is 0 Å². The van der Waals surface area contributed by atoms with Crippen LogP contribution in [0.4, 0.5) is 0 Å². The summed E-state index contributed by atoms with van der Waals surface area (Å²) in [4.78, 5) is 5.08. The van der Waals surface area contributed by atoms with Crippen LogP contribution in [0, 0.1) is 0 Å². The number of fused-ring (bicyclic) bond motifs is 6. The molecule has 0 aliphatic heterocycles. The summed E-state index contributed by atoms with van der Waals surface area (Å²) in [7, 11) is 0. The van der Waals surface area contributed by atoms with Crippen LogP contribution in [0.1, 0.15) is 0 Å². The highest BCUT2D eigenvalue weighted by atomic mass is 32.1. The van der Waals surface area contributed by atoms with Gasteiger partial charge in [0, 0.05) is 32.1 Å². The highest BCUT2D eigenvalue weighted by Crippen LogP contribution is 2.35. The lowest BCUT2D eigenvalue weighted by atomic mass is 10.1. The summed E-state index contributed by atoms with van der Waals surface area (Å²) >= 11 is 1.80. The molecule has 7 aromatic rings. The number of hydrogen-bond donors (Lipinski definition) is 0. The smallest absolute Gasteiger partial charge is 0.0895 e. The van der Waals surface area contributed by atoms with E-state index in [0.717, 1.165) is 22.5 Å². The molecule has 32 heavy (non-hydrogen) atoms. The third-order valence-electron chi connectivity index (χ3n) is 6.20. The first-order valence-electron chi connectivity index (χ1n) is 10.7. The normalized spacial score (nSPS) is 11.8. The second kappa shape index (κ2) is 6.78. The highest BCUT2D eigenvalue weighted by Gasteiger charge is 2.13. The van der Waals surface area contributed by atoms with E-state index in [1.165, 1.54) is 36.6 Å². The van der Waals surface area contributed by atoms with Gasteiger partial charge in [-0.25, -0.2) is 4.98 Å². The van der Waals surface area contributed by atoms with Gasteiger partial charge >= 0.3 is 0 Å². The molecule has 0 saturated heterocycles. The second-order valence-electron chi connectivity index (χ2n) is 8.06. The molecule has 0 fully saturated rings. The van der Waals surface area contributed by atoms with Gasteiger partial charge in [0.15, 0.2) is 0 Å². The Morgan fingerprint density at radius 1 is 0.562 bits per heavy atom. The summed E-state index contributed by atoms with van der Waals surface area (Å²) in [5, 5.41) is 3.78. The molecule has 7 rings (SSSR count). The second-order valence-corrected chi connectivity index (χ2v) is 9.15. The Bertz CT molecular complexity index is 1730. The Morgan fingerprint density at radius 2 is 1.25 bits per heavy atom. The largest absolute Gasteiger partial charge is 0.309 e. The number of para-hydroxylation sites is 2. The minimum Gasteiger partial charge on any atom is -0.309 e. The molecule has 0 aliphatic carbocycles. The van der Waals surface area contributed by atoms with E-state index in [2.05, 4.69) is 114 Å². The van der Waals surface area contributed by atoms with E-state index in [-0.39, 0.29) is 0 Å². The predicted octanol–water partition coefficient (Wildman–Crippen LogP) is 8.21. The first-order chi connectivity index (χ1) is 15.9. The molecule has 4 aromatic carbocycles. The number of benzene rings is 4. The summed E-state index contributed by atoms with van der Waals surface area (Å²) in [6.07, 6.45) is 0. The zero-order chi connectivity index (χ0) is 21.1. The Morgan fingerprint density at radius 3 is 2.03 bits per heavy atom. The molecule has 0 atom stereocenters. The van der Waals surface area contributed by atoms with Gasteiger partial charge in [-0.1, -0.05) is 66.7 Å². The quantitative estimate of drug-likeness (QED) is 0.272. The van der Waals surface area contributed by atoms with Crippen LogP contribution in [0.3, 0.4) is 0 Å². The lowest BCUT2D eigenvalue weighted by Gasteiger charge is -2.10. The Kier molecular flexibility index (Phi) is 3.75. The topological polar surface area (TPSA) is 17.8 Å². The minimum atomic E-state index is 1.00. The molecule has 3 heterocycles. The molecule has 0 radical (unpaired) electrons. The van der Waals surface area contributed by atoms with Crippen LogP contribution in [0.2, 0.25) is 0 Å². The van der Waals surface area contributed by atoms with Gasteiger partial charge in [-0.05, 0) is 42.5 Å². The van der Waals surface area contributed by atoms with E-state index in [4.69, 9.17) is 4.98 Å². The number of nitrogens with zero attached hydrogens (tertiary/aromatic N) is 2. The molecule has 0 spiro atoms. The molecule has 0 unspecified atom stereocenters. The van der Waals surface area contributed by atoms with Crippen molar-refractivity contribution >= 4 is 53.4 Å². The monoisotopic (exact) mass is 426 g/mol. The van der Waals surface area contributed by atoms with E-state index >= 15 is 0 Å². The van der Waals surface area contributed by atoms with Crippen LogP contribution in [0.15, 0.2) is 109 Å². The van der Waals surface area contributed by atoms with Gasteiger partial charge in [0.2, 0.25) is 0 Å². The Hall–Kier alpha value is -3.95. The van der Waals surface area contributed by atoms with Crippen molar-refractivity contribution in [3.8, 4) is 16.9 Å². The fraction of sp³-hybridized carbons (Fsp3) is 0. The average Bonchev–Trinajstić information content (AvgIpc) is 3.39. The molecule has 150 valence electrons. The minimum absolute atomic E-state index is 1.00. The van der Waals surface area contributed by atoms with Gasteiger partial charge in [0.1, 0.15) is 0 Å². The SMILES string of the molecule is c1cc(-c2ccc3sc4ccccc4c3n2)cc(-n2c3ccccc3c3ccccc32)c1. The van der Waals surface area contributed by atoms with Crippen LogP contribution in [0.5, 0.6) is 0 Å². The van der Waals surface area contributed by atoms with E-state index in [9.17, 15) is 0 Å². The molecule has 0 bridgehead atoms. The molecule has 0 aliphatic rings. The van der Waals surface area contributed by atoms with Crippen molar-refractivity contribution in [3.63, 3.8) is 0 Å². The van der Waals surface area contributed by atoms with Gasteiger partial charge in [-0.15, -0.1) is 11.3 Å². The zero-order valence-corrected chi connectivity index (χ0v) is 18.0. The molecule has 0 saturated carbocycles. The van der Waals surface area contributed by atoms with Crippen molar-refractivity contribution in [2.24, 2.45) is 0 Å². The van der Waals surface area contributed by atoms with Crippen LogP contribution < -0.4 is 0 Å². The highest BCUT2D eigenvalue weighted by molar-refractivity contribution is 7.25. The number of thiophene rings is 1. The van der Waals surface area contributed by atoms with Crippen LogP contribution in [0.25, 0.3) is 59.1 Å². The number of rotatable bonds is 2. The molecule has 2 nitrogen and oxygen atoms in total. The van der Waals surface area contributed by atoms with Crippen molar-refractivity contribution < 1.29 is 0 Å². The van der Waals surface area contributed by atoms with Crippen LogP contribution in [-0.2, 0) is 0 Å². The molecule has 0 amide bonds. The average molecular weight is 427 g/mol. The fourth-order valence-electron chi connectivity index (χ4n) is 4.76. The van der Waals surface area contributed by atoms with Gasteiger partial charge in [0.05, 0.1) is 26.9 Å². The first kappa shape index (κ1) is 17.7. The third-order valence-corrected chi connectivity index (χ3v) is 7.33. The summed E-state index contributed by atoms with van der Waals surface area (Å²) in [6.45, 7) is 0. The maximum Gasteiger partial charge on any atom is 0.0895 e. The summed E-state index contributed by atoms with van der Waals surface area (Å²) < 4.78 is 4.87. The Balaban J connectivity index is 1.45. The van der Waals surface area contributed by atoms with E-state index < -0.39 is 0 Å². The zero-order valence-electron chi connectivity index (χ0n) is 17.2. The van der Waals surface area contributed by atoms with Crippen LogP contribution in [-0.4, -0.2) is 9.55 Å². The van der Waals surface area contributed by atoms with E-state index in [0.29, 0.717) is 0 Å². The first-order valence-corrected chi connectivity index (χ1v) is 11.6. The predicted molar refractivity (Wildman–Crippen MR) is 137 cm³/mol. The lowest BCUT2D eigenvalue weighted by Crippen LogP contribution is -1.94. The standard InChI is InChI=1S/C29H18N2S/c1-4-13-25-21(10-1)22-11-2-5-14-26(22)31(25)20-9-7-8-19(18-20)24-16-17-28-29(30-24)23-12-3-6-15-27(23)32-28/h1-18H. The van der Waals surface area contributed by atoms with Crippen molar-refractivity contribution in [3.05, 3.63) is 109 Å².